The Balaban J connectivity index is 1.22. The molecule has 0 saturated heterocycles. The standard InChI is InChI=1S/C58H48O4/c1-61-55-37-49-35-47-25-11-15-29-53(47)57(59)51-27-13-9-23-45(51)33-43-21-7-5-19-41(43)31-39-17-3-4-18-40(39)32-42-20-6-8-22-44(42)34-46-24-10-14-28-52(46)58(60)54-30-16-12-26-48(54)36-50(49)38-56(55)62-2/h3-30,37-38H,31-36H2,1-2H3. The first-order valence-corrected chi connectivity index (χ1v) is 21.3. The zero-order valence-corrected chi connectivity index (χ0v) is 35.2. The molecule has 4 heteroatoms. The fourth-order valence-electron chi connectivity index (χ4n) is 9.10. The highest BCUT2D eigenvalue weighted by molar-refractivity contribution is 6.11. The van der Waals surface area contributed by atoms with Crippen LogP contribution in [0.5, 0.6) is 11.5 Å². The van der Waals surface area contributed by atoms with E-state index < -0.39 is 0 Å². The Bertz CT molecular complexity index is 2740. The van der Waals surface area contributed by atoms with E-state index in [0.29, 0.717) is 59.4 Å². The number of methoxy groups -OCH3 is 2. The maximum absolute atomic E-state index is 14.9. The SMILES string of the molecule is COc1cc2c(cc1OC)Cc1ccccc1C(=O)c1ccccc1Cc1ccccc1Cc1ccccc1Cc1ccccc1Cc1ccccc1C(=O)c1ccccc1C2. The molecule has 4 nitrogen and oxygen atoms in total. The van der Waals surface area contributed by atoms with Crippen LogP contribution in [0.25, 0.3) is 0 Å². The largest absolute Gasteiger partial charge is 0.493 e. The third-order valence-corrected chi connectivity index (χ3v) is 12.4. The monoisotopic (exact) mass is 808 g/mol. The van der Waals surface area contributed by atoms with E-state index in [0.717, 1.165) is 46.2 Å². The number of ketones is 2. The molecule has 0 heterocycles. The summed E-state index contributed by atoms with van der Waals surface area (Å²) in [5.41, 5.74) is 15.9. The molecule has 1 aliphatic carbocycles. The molecule has 0 N–H and O–H groups in total. The van der Waals surface area contributed by atoms with Crippen molar-refractivity contribution in [3.05, 3.63) is 271 Å². The van der Waals surface area contributed by atoms with Gasteiger partial charge in [-0.15, -0.1) is 0 Å². The third-order valence-electron chi connectivity index (χ3n) is 12.4. The van der Waals surface area contributed by atoms with Crippen LogP contribution in [0.4, 0.5) is 0 Å². The molecule has 0 bridgehead atoms. The van der Waals surface area contributed by atoms with Gasteiger partial charge in [-0.25, -0.2) is 0 Å². The number of carbonyl (C=O) groups excluding carboxylic acids is 2. The molecule has 0 aromatic heterocycles. The van der Waals surface area contributed by atoms with E-state index in [1.807, 2.05) is 97.1 Å². The molecule has 8 aromatic rings. The van der Waals surface area contributed by atoms with E-state index >= 15 is 0 Å². The molecular formula is C58H48O4. The smallest absolute Gasteiger partial charge is 0.193 e. The lowest BCUT2D eigenvalue weighted by Crippen LogP contribution is -2.12. The zero-order valence-electron chi connectivity index (χ0n) is 35.2. The highest BCUT2D eigenvalue weighted by Crippen LogP contribution is 2.35. The minimum absolute atomic E-state index is 0.0104. The molecule has 0 radical (unpaired) electrons. The molecule has 0 saturated carbocycles. The van der Waals surface area contributed by atoms with Gasteiger partial charge in [-0.1, -0.05) is 170 Å². The number of fused-ring (bicyclic) bond motifs is 8. The molecule has 0 atom stereocenters. The van der Waals surface area contributed by atoms with Gasteiger partial charge in [-0.3, -0.25) is 9.59 Å². The second-order valence-electron chi connectivity index (χ2n) is 16.1. The topological polar surface area (TPSA) is 52.6 Å². The number of hydrogen-bond acceptors (Lipinski definition) is 4. The normalized spacial score (nSPS) is 13.0. The Morgan fingerprint density at radius 2 is 0.468 bits per heavy atom. The van der Waals surface area contributed by atoms with Crippen LogP contribution in [0.1, 0.15) is 98.6 Å². The second kappa shape index (κ2) is 18.1. The Morgan fingerprint density at radius 3 is 0.710 bits per heavy atom. The first-order chi connectivity index (χ1) is 30.5. The van der Waals surface area contributed by atoms with Crippen LogP contribution in [0.2, 0.25) is 0 Å². The summed E-state index contributed by atoms with van der Waals surface area (Å²) in [5, 5.41) is 0. The van der Waals surface area contributed by atoms with Crippen LogP contribution < -0.4 is 9.47 Å². The average Bonchev–Trinajstić information content (AvgIpc) is 3.31. The van der Waals surface area contributed by atoms with Gasteiger partial charge in [0.2, 0.25) is 0 Å². The molecular weight excluding hydrogens is 761 g/mol. The fraction of sp³-hybridized carbons (Fsp3) is 0.138. The summed E-state index contributed by atoms with van der Waals surface area (Å²) >= 11 is 0. The third kappa shape index (κ3) is 8.37. The highest BCUT2D eigenvalue weighted by atomic mass is 16.5. The average molecular weight is 809 g/mol. The Hall–Kier alpha value is -7.30. The van der Waals surface area contributed by atoms with E-state index in [9.17, 15) is 9.59 Å². The van der Waals surface area contributed by atoms with Crippen LogP contribution in [0.3, 0.4) is 0 Å². The van der Waals surface area contributed by atoms with Crippen molar-refractivity contribution in [2.45, 2.75) is 38.5 Å². The van der Waals surface area contributed by atoms with Gasteiger partial charge in [-0.05, 0) is 117 Å². The zero-order chi connectivity index (χ0) is 42.4. The summed E-state index contributed by atoms with van der Waals surface area (Å²) in [6.45, 7) is 0. The Labute approximate surface area is 364 Å². The van der Waals surface area contributed by atoms with Crippen molar-refractivity contribution in [2.24, 2.45) is 0 Å². The molecule has 304 valence electrons. The number of ether oxygens (including phenoxy) is 2. The molecule has 0 amide bonds. The maximum atomic E-state index is 14.9. The van der Waals surface area contributed by atoms with Crippen LogP contribution in [-0.4, -0.2) is 25.8 Å². The Morgan fingerprint density at radius 1 is 0.274 bits per heavy atom. The molecule has 9 rings (SSSR count). The number of hydrogen-bond donors (Lipinski definition) is 0. The minimum Gasteiger partial charge on any atom is -0.493 e. The minimum atomic E-state index is -0.0104. The first-order valence-electron chi connectivity index (χ1n) is 21.3. The molecule has 0 fully saturated rings. The number of benzene rings is 8. The van der Waals surface area contributed by atoms with Crippen LogP contribution >= 0.6 is 0 Å². The Kier molecular flexibility index (Phi) is 11.7. The van der Waals surface area contributed by atoms with Crippen molar-refractivity contribution in [2.75, 3.05) is 14.2 Å². The van der Waals surface area contributed by atoms with E-state index in [4.69, 9.17) is 9.47 Å². The van der Waals surface area contributed by atoms with Gasteiger partial charge in [-0.2, -0.15) is 0 Å². The van der Waals surface area contributed by atoms with Crippen molar-refractivity contribution >= 4 is 11.6 Å². The molecule has 8 aromatic carbocycles. The molecule has 0 unspecified atom stereocenters. The van der Waals surface area contributed by atoms with E-state index in [-0.39, 0.29) is 11.6 Å². The lowest BCUT2D eigenvalue weighted by Gasteiger charge is -2.19. The second-order valence-corrected chi connectivity index (χ2v) is 16.1. The predicted octanol–water partition coefficient (Wildman–Crippen LogP) is 12.0. The van der Waals surface area contributed by atoms with Crippen molar-refractivity contribution in [1.82, 2.24) is 0 Å². The van der Waals surface area contributed by atoms with E-state index in [2.05, 4.69) is 84.9 Å². The summed E-state index contributed by atoms with van der Waals surface area (Å²) in [5.74, 6) is 1.19. The summed E-state index contributed by atoms with van der Waals surface area (Å²) < 4.78 is 11.7. The van der Waals surface area contributed by atoms with Crippen molar-refractivity contribution in [3.8, 4) is 11.5 Å². The van der Waals surface area contributed by atoms with Crippen molar-refractivity contribution < 1.29 is 19.1 Å². The summed E-state index contributed by atoms with van der Waals surface area (Å²) in [6, 6.07) is 61.9. The molecule has 0 aliphatic heterocycles. The van der Waals surface area contributed by atoms with Crippen LogP contribution in [0, 0.1) is 0 Å². The maximum Gasteiger partial charge on any atom is 0.193 e. The summed E-state index contributed by atoms with van der Waals surface area (Å²) in [6.07, 6.45) is 3.72. The van der Waals surface area contributed by atoms with Gasteiger partial charge < -0.3 is 9.47 Å². The van der Waals surface area contributed by atoms with Crippen LogP contribution in [-0.2, 0) is 38.5 Å². The summed E-state index contributed by atoms with van der Waals surface area (Å²) in [7, 11) is 3.28. The van der Waals surface area contributed by atoms with Gasteiger partial charge in [0, 0.05) is 22.3 Å². The van der Waals surface area contributed by atoms with E-state index in [1.54, 1.807) is 14.2 Å². The lowest BCUT2D eigenvalue weighted by molar-refractivity contribution is 0.102. The quantitative estimate of drug-likeness (QED) is 0.175. The number of carbonyl (C=O) groups is 2. The van der Waals surface area contributed by atoms with Crippen molar-refractivity contribution in [1.29, 1.82) is 0 Å². The van der Waals surface area contributed by atoms with Crippen molar-refractivity contribution in [3.63, 3.8) is 0 Å². The van der Waals surface area contributed by atoms with Gasteiger partial charge >= 0.3 is 0 Å². The van der Waals surface area contributed by atoms with Gasteiger partial charge in [0.15, 0.2) is 23.1 Å². The lowest BCUT2D eigenvalue weighted by atomic mass is 9.86. The van der Waals surface area contributed by atoms with Gasteiger partial charge in [0.25, 0.3) is 0 Å². The molecule has 62 heavy (non-hydrogen) atoms. The van der Waals surface area contributed by atoms with Gasteiger partial charge in [0.1, 0.15) is 0 Å². The van der Waals surface area contributed by atoms with Crippen LogP contribution in [0.15, 0.2) is 182 Å². The first kappa shape index (κ1) is 40.1. The molecule has 1 aliphatic rings. The molecule has 0 spiro atoms. The number of rotatable bonds is 2. The fourth-order valence-corrected chi connectivity index (χ4v) is 9.10. The van der Waals surface area contributed by atoms with E-state index in [1.165, 1.54) is 33.4 Å². The highest BCUT2D eigenvalue weighted by Gasteiger charge is 2.23. The predicted molar refractivity (Wildman–Crippen MR) is 248 cm³/mol. The summed E-state index contributed by atoms with van der Waals surface area (Å²) in [4.78, 5) is 29.7. The van der Waals surface area contributed by atoms with Gasteiger partial charge in [0.05, 0.1) is 14.2 Å².